The largest absolute Gasteiger partial charge is 0.306 e. The molecule has 0 unspecified atom stereocenters. The quantitative estimate of drug-likeness (QED) is 0.357. The molecule has 0 N–H and O–H groups in total. The van der Waals surface area contributed by atoms with Crippen molar-refractivity contribution < 1.29 is 9.59 Å². The molecule has 0 fully saturated rings. The van der Waals surface area contributed by atoms with Crippen molar-refractivity contribution in [2.45, 2.75) is 19.4 Å². The summed E-state index contributed by atoms with van der Waals surface area (Å²) in [5, 5.41) is 0. The number of hydrogen-bond acceptors (Lipinski definition) is 2. The molecule has 1 aliphatic rings. The van der Waals surface area contributed by atoms with Crippen LogP contribution in [-0.4, -0.2) is 11.7 Å². The molecule has 0 saturated carbocycles. The Balaban J connectivity index is 1.66. The Hall–Kier alpha value is -3.98. The molecule has 0 aromatic heterocycles. The number of rotatable bonds is 6. The lowest BCUT2D eigenvalue weighted by Crippen LogP contribution is -2.55. The summed E-state index contributed by atoms with van der Waals surface area (Å²) in [6.07, 6.45) is 0.722. The van der Waals surface area contributed by atoms with Gasteiger partial charge in [-0.05, 0) is 41.7 Å². The first kappa shape index (κ1) is 20.9. The highest BCUT2D eigenvalue weighted by Gasteiger charge is 2.52. The van der Waals surface area contributed by atoms with Gasteiger partial charge < -0.3 is 4.90 Å². The summed E-state index contributed by atoms with van der Waals surface area (Å²) >= 11 is 0. The number of ketones is 1. The van der Waals surface area contributed by atoms with E-state index in [0.717, 1.165) is 16.7 Å². The lowest BCUT2D eigenvalue weighted by Gasteiger charge is -2.42. The molecule has 3 heteroatoms. The number of carbonyl (C=O) groups is 2. The Bertz CT molecular complexity index is 1220. The monoisotopic (exact) mass is 431 g/mol. The normalized spacial score (nSPS) is 14.7. The zero-order chi connectivity index (χ0) is 22.7. The molecule has 0 saturated heterocycles. The third-order valence-electron chi connectivity index (χ3n) is 6.41. The zero-order valence-corrected chi connectivity index (χ0v) is 18.4. The molecule has 0 spiro atoms. The van der Waals surface area contributed by atoms with E-state index in [-0.39, 0.29) is 11.7 Å². The number of nitrogens with zero attached hydrogens (tertiary/aromatic N) is 1. The van der Waals surface area contributed by atoms with Gasteiger partial charge in [0.05, 0.1) is 12.2 Å². The van der Waals surface area contributed by atoms with E-state index in [4.69, 9.17) is 0 Å². The van der Waals surface area contributed by atoms with Crippen molar-refractivity contribution in [1.29, 1.82) is 0 Å². The minimum atomic E-state index is -1.20. The van der Waals surface area contributed by atoms with Crippen molar-refractivity contribution in [3.63, 3.8) is 0 Å². The predicted octanol–water partition coefficient (Wildman–Crippen LogP) is 5.89. The summed E-state index contributed by atoms with van der Waals surface area (Å²) in [6, 6.07) is 37.2. The fourth-order valence-electron chi connectivity index (χ4n) is 4.81. The molecule has 0 radical (unpaired) electrons. The molecule has 5 rings (SSSR count). The van der Waals surface area contributed by atoms with Crippen LogP contribution in [0, 0.1) is 5.41 Å². The first-order valence-electron chi connectivity index (χ1n) is 11.2. The Morgan fingerprint density at radius 1 is 0.545 bits per heavy atom. The average molecular weight is 432 g/mol. The van der Waals surface area contributed by atoms with Gasteiger partial charge in [0.2, 0.25) is 5.91 Å². The minimum Gasteiger partial charge on any atom is -0.306 e. The molecule has 1 amide bonds. The van der Waals surface area contributed by atoms with Crippen LogP contribution < -0.4 is 4.90 Å². The highest BCUT2D eigenvalue weighted by molar-refractivity contribution is 6.25. The second kappa shape index (κ2) is 8.87. The molecular formula is C30H25NO2. The number of benzene rings is 4. The van der Waals surface area contributed by atoms with Crippen molar-refractivity contribution in [2.24, 2.45) is 5.41 Å². The zero-order valence-electron chi connectivity index (χ0n) is 18.4. The Labute approximate surface area is 194 Å². The summed E-state index contributed by atoms with van der Waals surface area (Å²) in [5.41, 5.74) is 3.09. The number of para-hydroxylation sites is 1. The van der Waals surface area contributed by atoms with Crippen molar-refractivity contribution in [3.8, 4) is 0 Å². The molecule has 0 aliphatic carbocycles. The smallest absolute Gasteiger partial charge is 0.242 e. The average Bonchev–Trinajstić information content (AvgIpc) is 2.87. The van der Waals surface area contributed by atoms with Gasteiger partial charge in [-0.2, -0.15) is 0 Å². The first-order valence-corrected chi connectivity index (χ1v) is 11.2. The number of carbonyl (C=O) groups excluding carboxylic acids is 2. The molecular weight excluding hydrogens is 406 g/mol. The molecule has 4 aromatic carbocycles. The Morgan fingerprint density at radius 3 is 1.55 bits per heavy atom. The Morgan fingerprint density at radius 2 is 1.00 bits per heavy atom. The van der Waals surface area contributed by atoms with Crippen LogP contribution in [0.4, 0.5) is 5.69 Å². The number of amides is 1. The van der Waals surface area contributed by atoms with Gasteiger partial charge in [0.15, 0.2) is 5.78 Å². The van der Waals surface area contributed by atoms with Gasteiger partial charge in [-0.15, -0.1) is 0 Å². The molecule has 3 nitrogen and oxygen atoms in total. The van der Waals surface area contributed by atoms with Gasteiger partial charge >= 0.3 is 0 Å². The molecule has 0 atom stereocenters. The highest BCUT2D eigenvalue weighted by Crippen LogP contribution is 2.43. The van der Waals surface area contributed by atoms with Gasteiger partial charge in [-0.1, -0.05) is 103 Å². The van der Waals surface area contributed by atoms with Crippen LogP contribution in [-0.2, 0) is 24.2 Å². The van der Waals surface area contributed by atoms with Crippen molar-refractivity contribution in [1.82, 2.24) is 0 Å². The minimum absolute atomic E-state index is 0.0971. The second-order valence-corrected chi connectivity index (χ2v) is 8.63. The maximum Gasteiger partial charge on any atom is 0.242 e. The van der Waals surface area contributed by atoms with Crippen LogP contribution in [0.5, 0.6) is 0 Å². The third-order valence-corrected chi connectivity index (χ3v) is 6.41. The van der Waals surface area contributed by atoms with Crippen LogP contribution in [0.15, 0.2) is 115 Å². The van der Waals surface area contributed by atoms with E-state index in [9.17, 15) is 9.59 Å². The van der Waals surface area contributed by atoms with Crippen LogP contribution in [0.1, 0.15) is 27.0 Å². The fraction of sp³-hybridized carbons (Fsp3) is 0.133. The molecule has 33 heavy (non-hydrogen) atoms. The van der Waals surface area contributed by atoms with E-state index < -0.39 is 5.41 Å². The Kier molecular flexibility index (Phi) is 5.62. The van der Waals surface area contributed by atoms with E-state index in [1.165, 1.54) is 0 Å². The molecule has 0 bridgehead atoms. The van der Waals surface area contributed by atoms with Gasteiger partial charge in [-0.3, -0.25) is 9.59 Å². The number of fused-ring (bicyclic) bond motifs is 1. The highest BCUT2D eigenvalue weighted by atomic mass is 16.2. The van der Waals surface area contributed by atoms with Crippen LogP contribution in [0.2, 0.25) is 0 Å². The summed E-state index contributed by atoms with van der Waals surface area (Å²) in [7, 11) is 0. The van der Waals surface area contributed by atoms with Crippen LogP contribution in [0.3, 0.4) is 0 Å². The summed E-state index contributed by atoms with van der Waals surface area (Å²) in [6.45, 7) is 0.426. The summed E-state index contributed by atoms with van der Waals surface area (Å²) < 4.78 is 0. The van der Waals surface area contributed by atoms with E-state index in [0.29, 0.717) is 30.6 Å². The maximum absolute atomic E-state index is 14.3. The lowest BCUT2D eigenvalue weighted by molar-refractivity contribution is -0.126. The molecule has 1 heterocycles. The number of Topliss-reactive ketones (excluding diaryl/α,β-unsaturated/α-hetero) is 1. The standard InChI is InChI=1S/C30H25NO2/c32-28-26-18-10-11-19-27(26)31(22-25-16-8-3-9-17-25)29(33)30(28,20-23-12-4-1-5-13-23)21-24-14-6-2-7-15-24/h1-19H,20-22H2. The molecule has 162 valence electrons. The second-order valence-electron chi connectivity index (χ2n) is 8.63. The maximum atomic E-state index is 14.3. The summed E-state index contributed by atoms with van der Waals surface area (Å²) in [4.78, 5) is 30.3. The number of anilines is 1. The van der Waals surface area contributed by atoms with Gasteiger partial charge in [0.25, 0.3) is 0 Å². The SMILES string of the molecule is O=C1c2ccccc2N(Cc2ccccc2)C(=O)C1(Cc1ccccc1)Cc1ccccc1. The van der Waals surface area contributed by atoms with Crippen molar-refractivity contribution >= 4 is 17.4 Å². The molecule has 1 aliphatic heterocycles. The van der Waals surface area contributed by atoms with Crippen molar-refractivity contribution in [2.75, 3.05) is 4.90 Å². The van der Waals surface area contributed by atoms with Crippen LogP contribution >= 0.6 is 0 Å². The van der Waals surface area contributed by atoms with E-state index in [1.807, 2.05) is 115 Å². The third kappa shape index (κ3) is 3.98. The molecule has 4 aromatic rings. The van der Waals surface area contributed by atoms with Crippen LogP contribution in [0.25, 0.3) is 0 Å². The summed E-state index contributed by atoms with van der Waals surface area (Å²) in [5.74, 6) is -0.233. The van der Waals surface area contributed by atoms with Gasteiger partial charge in [0, 0.05) is 5.56 Å². The van der Waals surface area contributed by atoms with E-state index >= 15 is 0 Å². The first-order chi connectivity index (χ1) is 16.2. The topological polar surface area (TPSA) is 37.4 Å². The number of hydrogen-bond donors (Lipinski definition) is 0. The fourth-order valence-corrected chi connectivity index (χ4v) is 4.81. The lowest BCUT2D eigenvalue weighted by atomic mass is 9.68. The van der Waals surface area contributed by atoms with Crippen molar-refractivity contribution in [3.05, 3.63) is 138 Å². The van der Waals surface area contributed by atoms with Gasteiger partial charge in [0.1, 0.15) is 5.41 Å². The predicted molar refractivity (Wildman–Crippen MR) is 131 cm³/mol. The van der Waals surface area contributed by atoms with E-state index in [2.05, 4.69) is 0 Å². The van der Waals surface area contributed by atoms with E-state index in [1.54, 1.807) is 4.90 Å². The van der Waals surface area contributed by atoms with Gasteiger partial charge in [-0.25, -0.2) is 0 Å².